The van der Waals surface area contributed by atoms with Crippen LogP contribution >= 0.6 is 11.3 Å². The van der Waals surface area contributed by atoms with Crippen LogP contribution in [-0.2, 0) is 11.3 Å². The molecule has 1 aromatic heterocycles. The highest BCUT2D eigenvalue weighted by Crippen LogP contribution is 2.25. The summed E-state index contributed by atoms with van der Waals surface area (Å²) in [5.41, 5.74) is 6.94. The molecule has 1 aliphatic rings. The van der Waals surface area contributed by atoms with Gasteiger partial charge in [0.05, 0.1) is 17.8 Å². The maximum Gasteiger partial charge on any atom is 0.109 e. The van der Waals surface area contributed by atoms with Gasteiger partial charge in [-0.05, 0) is 27.2 Å². The molecular weight excluding hydrogens is 234 g/mol. The predicted octanol–water partition coefficient (Wildman–Crippen LogP) is 1.82. The topological polar surface area (TPSA) is 60.2 Å². The van der Waals surface area contributed by atoms with Crippen molar-refractivity contribution in [2.45, 2.75) is 51.4 Å². The second-order valence-electron chi connectivity index (χ2n) is 5.00. The highest BCUT2D eigenvalue weighted by atomic mass is 32.1. The van der Waals surface area contributed by atoms with E-state index in [9.17, 15) is 0 Å². The largest absolute Gasteiger partial charge is 0.377 e. The number of ether oxygens (including phenoxy) is 1. The lowest BCUT2D eigenvalue weighted by molar-refractivity contribution is 0.0880. The maximum absolute atomic E-state index is 5.80. The van der Waals surface area contributed by atoms with Gasteiger partial charge in [0.2, 0.25) is 0 Å². The van der Waals surface area contributed by atoms with Gasteiger partial charge >= 0.3 is 0 Å². The monoisotopic (exact) mass is 255 g/mol. The summed E-state index contributed by atoms with van der Waals surface area (Å²) < 4.78 is 5.60. The van der Waals surface area contributed by atoms with Crippen LogP contribution in [0.25, 0.3) is 0 Å². The van der Waals surface area contributed by atoms with Gasteiger partial charge in [-0.15, -0.1) is 11.3 Å². The number of hydrogen-bond donors (Lipinski definition) is 2. The van der Waals surface area contributed by atoms with Crippen molar-refractivity contribution in [1.82, 2.24) is 10.3 Å². The van der Waals surface area contributed by atoms with E-state index in [2.05, 4.69) is 29.5 Å². The van der Waals surface area contributed by atoms with Crippen molar-refractivity contribution in [3.63, 3.8) is 0 Å². The Morgan fingerprint density at radius 3 is 3.06 bits per heavy atom. The Morgan fingerprint density at radius 2 is 2.53 bits per heavy atom. The summed E-state index contributed by atoms with van der Waals surface area (Å²) in [4.78, 5) is 4.52. The third-order valence-corrected chi connectivity index (χ3v) is 4.61. The standard InChI is InChI=1S/C12H21N3OS/c1-8(13)11-15-10(7-17-11)6-14-12(3)4-5-16-9(12)2/h7-9,14H,4-6,13H2,1-3H3. The van der Waals surface area contributed by atoms with E-state index in [1.807, 2.05) is 6.92 Å². The van der Waals surface area contributed by atoms with Crippen molar-refractivity contribution in [2.75, 3.05) is 6.61 Å². The van der Waals surface area contributed by atoms with Gasteiger partial charge in [0, 0.05) is 24.1 Å². The van der Waals surface area contributed by atoms with Crippen molar-refractivity contribution < 1.29 is 4.74 Å². The molecule has 0 aromatic carbocycles. The molecule has 2 heterocycles. The number of nitrogens with one attached hydrogen (secondary N) is 1. The maximum atomic E-state index is 5.80. The minimum absolute atomic E-state index is 0.0260. The number of hydrogen-bond acceptors (Lipinski definition) is 5. The predicted molar refractivity (Wildman–Crippen MR) is 70.0 cm³/mol. The molecule has 2 rings (SSSR count). The SMILES string of the molecule is CC(N)c1nc(CNC2(C)CCOC2C)cs1. The van der Waals surface area contributed by atoms with Crippen LogP contribution in [0.15, 0.2) is 5.38 Å². The molecule has 1 saturated heterocycles. The zero-order valence-electron chi connectivity index (χ0n) is 10.7. The highest BCUT2D eigenvalue weighted by Gasteiger charge is 2.36. The normalized spacial score (nSPS) is 30.7. The molecule has 0 aliphatic carbocycles. The molecule has 1 aromatic rings. The Bertz CT molecular complexity index is 380. The average molecular weight is 255 g/mol. The molecule has 3 unspecified atom stereocenters. The first kappa shape index (κ1) is 13.0. The first-order valence-electron chi connectivity index (χ1n) is 6.08. The number of nitrogens with two attached hydrogens (primary N) is 1. The van der Waals surface area contributed by atoms with E-state index in [1.54, 1.807) is 11.3 Å². The lowest BCUT2D eigenvalue weighted by Crippen LogP contribution is -2.47. The molecule has 5 heteroatoms. The van der Waals surface area contributed by atoms with Crippen molar-refractivity contribution >= 4 is 11.3 Å². The molecule has 3 N–H and O–H groups in total. The smallest absolute Gasteiger partial charge is 0.109 e. The van der Waals surface area contributed by atoms with Crippen LogP contribution in [0.4, 0.5) is 0 Å². The minimum Gasteiger partial charge on any atom is -0.377 e. The molecule has 1 aliphatic heterocycles. The van der Waals surface area contributed by atoms with Crippen LogP contribution in [0.1, 0.15) is 43.9 Å². The fraction of sp³-hybridized carbons (Fsp3) is 0.750. The van der Waals surface area contributed by atoms with Crippen LogP contribution in [0.5, 0.6) is 0 Å². The minimum atomic E-state index is 0.0260. The Labute approximate surface area is 107 Å². The number of aromatic nitrogens is 1. The van der Waals surface area contributed by atoms with Gasteiger partial charge in [0.1, 0.15) is 5.01 Å². The summed E-state index contributed by atoms with van der Waals surface area (Å²) in [5.74, 6) is 0. The molecule has 1 fully saturated rings. The second-order valence-corrected chi connectivity index (χ2v) is 5.89. The van der Waals surface area contributed by atoms with E-state index < -0.39 is 0 Å². The lowest BCUT2D eigenvalue weighted by Gasteiger charge is -2.28. The molecule has 3 atom stereocenters. The first-order valence-corrected chi connectivity index (χ1v) is 6.96. The van der Waals surface area contributed by atoms with E-state index >= 15 is 0 Å². The summed E-state index contributed by atoms with van der Waals surface area (Å²) in [6, 6.07) is 0.0260. The molecule has 0 amide bonds. The fourth-order valence-corrected chi connectivity index (χ4v) is 2.75. The number of nitrogens with zero attached hydrogens (tertiary/aromatic N) is 1. The van der Waals surface area contributed by atoms with Crippen molar-refractivity contribution in [3.05, 3.63) is 16.1 Å². The van der Waals surface area contributed by atoms with Crippen LogP contribution in [0.3, 0.4) is 0 Å². The summed E-state index contributed by atoms with van der Waals surface area (Å²) in [7, 11) is 0. The van der Waals surface area contributed by atoms with Crippen molar-refractivity contribution in [3.8, 4) is 0 Å². The number of rotatable bonds is 4. The Kier molecular flexibility index (Phi) is 3.82. The van der Waals surface area contributed by atoms with Gasteiger partial charge in [0.15, 0.2) is 0 Å². The molecular formula is C12H21N3OS. The molecule has 0 saturated carbocycles. The van der Waals surface area contributed by atoms with Crippen LogP contribution in [0, 0.1) is 0 Å². The molecule has 0 radical (unpaired) electrons. The van der Waals surface area contributed by atoms with Gasteiger partial charge in [-0.2, -0.15) is 0 Å². The Morgan fingerprint density at radius 1 is 1.76 bits per heavy atom. The third-order valence-electron chi connectivity index (χ3n) is 3.52. The van der Waals surface area contributed by atoms with E-state index in [0.717, 1.165) is 30.3 Å². The first-order chi connectivity index (χ1) is 8.01. The quantitative estimate of drug-likeness (QED) is 0.861. The number of thiazole rings is 1. The summed E-state index contributed by atoms with van der Waals surface area (Å²) in [6.07, 6.45) is 1.31. The van der Waals surface area contributed by atoms with Crippen molar-refractivity contribution in [1.29, 1.82) is 0 Å². The van der Waals surface area contributed by atoms with E-state index in [4.69, 9.17) is 10.5 Å². The van der Waals surface area contributed by atoms with Gasteiger partial charge < -0.3 is 15.8 Å². The van der Waals surface area contributed by atoms with Gasteiger partial charge in [-0.25, -0.2) is 4.98 Å². The van der Waals surface area contributed by atoms with E-state index in [1.165, 1.54) is 0 Å². The van der Waals surface area contributed by atoms with Gasteiger partial charge in [0.25, 0.3) is 0 Å². The van der Waals surface area contributed by atoms with E-state index in [0.29, 0.717) is 0 Å². The lowest BCUT2D eigenvalue weighted by atomic mass is 9.95. The second kappa shape index (κ2) is 5.02. The summed E-state index contributed by atoms with van der Waals surface area (Å²) >= 11 is 1.63. The fourth-order valence-electron chi connectivity index (χ4n) is 1.97. The zero-order chi connectivity index (χ0) is 12.5. The highest BCUT2D eigenvalue weighted by molar-refractivity contribution is 7.09. The Hall–Kier alpha value is -0.490. The zero-order valence-corrected chi connectivity index (χ0v) is 11.5. The third kappa shape index (κ3) is 2.85. The van der Waals surface area contributed by atoms with Gasteiger partial charge in [-0.1, -0.05) is 0 Å². The molecule has 96 valence electrons. The summed E-state index contributed by atoms with van der Waals surface area (Å²) in [6.45, 7) is 7.92. The molecule has 4 nitrogen and oxygen atoms in total. The Balaban J connectivity index is 1.93. The molecule has 0 bridgehead atoms. The van der Waals surface area contributed by atoms with Crippen LogP contribution in [-0.4, -0.2) is 23.2 Å². The van der Waals surface area contributed by atoms with Crippen molar-refractivity contribution in [2.24, 2.45) is 5.73 Å². The summed E-state index contributed by atoms with van der Waals surface area (Å²) in [5, 5.41) is 6.64. The van der Waals surface area contributed by atoms with Gasteiger partial charge in [-0.3, -0.25) is 0 Å². The van der Waals surface area contributed by atoms with Crippen LogP contribution < -0.4 is 11.1 Å². The average Bonchev–Trinajstić information content (AvgIpc) is 2.85. The molecule has 0 spiro atoms. The van der Waals surface area contributed by atoms with Crippen LogP contribution in [0.2, 0.25) is 0 Å². The molecule has 17 heavy (non-hydrogen) atoms. The van der Waals surface area contributed by atoms with E-state index in [-0.39, 0.29) is 17.7 Å².